The van der Waals surface area contributed by atoms with Gasteiger partial charge in [0.1, 0.15) is 17.3 Å². The highest BCUT2D eigenvalue weighted by Gasteiger charge is 2.47. The van der Waals surface area contributed by atoms with E-state index in [1.807, 2.05) is 19.9 Å². The molecule has 0 radical (unpaired) electrons. The van der Waals surface area contributed by atoms with Gasteiger partial charge in [-0.05, 0) is 85.5 Å². The number of halogens is 1. The number of hydrogen-bond acceptors (Lipinski definition) is 4. The first kappa shape index (κ1) is 21.3. The van der Waals surface area contributed by atoms with Crippen LogP contribution in [0.25, 0.3) is 5.76 Å². The second kappa shape index (κ2) is 7.96. The van der Waals surface area contributed by atoms with Crippen molar-refractivity contribution >= 4 is 23.1 Å². The molecule has 0 spiro atoms. The molecule has 1 amide bonds. The minimum atomic E-state index is -0.915. The summed E-state index contributed by atoms with van der Waals surface area (Å²) < 4.78 is 13.8. The first-order valence-electron chi connectivity index (χ1n) is 10.1. The lowest BCUT2D eigenvalue weighted by Gasteiger charge is -2.26. The molecule has 162 valence electrons. The van der Waals surface area contributed by atoms with Gasteiger partial charge in [-0.1, -0.05) is 18.2 Å². The average molecular weight is 431 g/mol. The molecule has 1 heterocycles. The molecule has 1 aliphatic heterocycles. The van der Waals surface area contributed by atoms with E-state index in [9.17, 15) is 24.2 Å². The van der Waals surface area contributed by atoms with Crippen molar-refractivity contribution in [3.63, 3.8) is 0 Å². The summed E-state index contributed by atoms with van der Waals surface area (Å²) in [6.07, 6.45) is 0. The molecule has 5 nitrogen and oxygen atoms in total. The number of nitrogens with zero attached hydrogens (tertiary/aromatic N) is 1. The van der Waals surface area contributed by atoms with Gasteiger partial charge in [-0.25, -0.2) is 4.39 Å². The lowest BCUT2D eigenvalue weighted by Crippen LogP contribution is -2.29. The summed E-state index contributed by atoms with van der Waals surface area (Å²) in [7, 11) is 0. The zero-order valence-electron chi connectivity index (χ0n) is 17.9. The summed E-state index contributed by atoms with van der Waals surface area (Å²) in [6.45, 7) is 5.34. The van der Waals surface area contributed by atoms with Gasteiger partial charge in [0.25, 0.3) is 11.7 Å². The van der Waals surface area contributed by atoms with Gasteiger partial charge in [0.2, 0.25) is 0 Å². The highest BCUT2D eigenvalue weighted by atomic mass is 19.1. The van der Waals surface area contributed by atoms with E-state index >= 15 is 0 Å². The molecule has 0 bridgehead atoms. The van der Waals surface area contributed by atoms with Gasteiger partial charge < -0.3 is 10.2 Å². The molecule has 4 rings (SSSR count). The lowest BCUT2D eigenvalue weighted by molar-refractivity contribution is -0.132. The van der Waals surface area contributed by atoms with Crippen LogP contribution in [0, 0.1) is 26.6 Å². The van der Waals surface area contributed by atoms with Gasteiger partial charge in [0.05, 0.1) is 11.6 Å². The Kier molecular flexibility index (Phi) is 5.30. The number of amides is 1. The average Bonchev–Trinajstić information content (AvgIpc) is 3.00. The molecule has 1 saturated heterocycles. The summed E-state index contributed by atoms with van der Waals surface area (Å²) in [5, 5.41) is 20.8. The summed E-state index contributed by atoms with van der Waals surface area (Å²) in [5.41, 5.74) is 3.36. The highest BCUT2D eigenvalue weighted by Crippen LogP contribution is 2.43. The van der Waals surface area contributed by atoms with E-state index in [2.05, 4.69) is 0 Å². The summed E-state index contributed by atoms with van der Waals surface area (Å²) in [5.74, 6) is -2.38. The molecule has 2 N–H and O–H groups in total. The number of aliphatic hydroxyl groups is 1. The van der Waals surface area contributed by atoms with Crippen molar-refractivity contribution in [2.24, 2.45) is 0 Å². The van der Waals surface area contributed by atoms with Crippen LogP contribution in [-0.2, 0) is 9.59 Å². The fourth-order valence-corrected chi connectivity index (χ4v) is 4.11. The largest absolute Gasteiger partial charge is 0.508 e. The first-order chi connectivity index (χ1) is 15.2. The molecule has 32 heavy (non-hydrogen) atoms. The van der Waals surface area contributed by atoms with E-state index < -0.39 is 23.5 Å². The Morgan fingerprint density at radius 2 is 1.53 bits per heavy atom. The number of phenolic OH excluding ortho intramolecular Hbond substituents is 1. The number of anilines is 1. The van der Waals surface area contributed by atoms with Crippen LogP contribution in [0.4, 0.5) is 10.1 Å². The van der Waals surface area contributed by atoms with Gasteiger partial charge in [-0.2, -0.15) is 0 Å². The highest BCUT2D eigenvalue weighted by molar-refractivity contribution is 6.51. The number of aromatic hydroxyl groups is 1. The minimum absolute atomic E-state index is 0.0336. The zero-order valence-corrected chi connectivity index (χ0v) is 17.9. The fraction of sp³-hybridized carbons (Fsp3) is 0.154. The Morgan fingerprint density at radius 3 is 2.12 bits per heavy atom. The molecular weight excluding hydrogens is 409 g/mol. The molecule has 1 aliphatic rings. The van der Waals surface area contributed by atoms with E-state index in [1.165, 1.54) is 35.2 Å². The summed E-state index contributed by atoms with van der Waals surface area (Å²) in [4.78, 5) is 27.7. The van der Waals surface area contributed by atoms with E-state index in [0.717, 1.165) is 11.1 Å². The third-order valence-electron chi connectivity index (χ3n) is 5.57. The van der Waals surface area contributed by atoms with E-state index in [1.54, 1.807) is 31.2 Å². The van der Waals surface area contributed by atoms with Gasteiger partial charge >= 0.3 is 0 Å². The first-order valence-corrected chi connectivity index (χ1v) is 10.1. The number of carbonyl (C=O) groups is 2. The molecule has 1 unspecified atom stereocenters. The Hall–Kier alpha value is -3.93. The quantitative estimate of drug-likeness (QED) is 0.344. The van der Waals surface area contributed by atoms with Crippen LogP contribution in [-0.4, -0.2) is 21.9 Å². The van der Waals surface area contributed by atoms with Crippen molar-refractivity contribution < 1.29 is 24.2 Å². The Balaban J connectivity index is 1.97. The van der Waals surface area contributed by atoms with Crippen molar-refractivity contribution in [1.82, 2.24) is 0 Å². The van der Waals surface area contributed by atoms with E-state index in [0.29, 0.717) is 16.8 Å². The molecule has 3 aromatic rings. The van der Waals surface area contributed by atoms with Crippen LogP contribution in [0.2, 0.25) is 0 Å². The normalized spacial score (nSPS) is 17.8. The number of phenols is 1. The minimum Gasteiger partial charge on any atom is -0.508 e. The van der Waals surface area contributed by atoms with E-state index in [4.69, 9.17) is 0 Å². The van der Waals surface area contributed by atoms with Crippen LogP contribution in [0.15, 0.2) is 66.2 Å². The smallest absolute Gasteiger partial charge is 0.300 e. The van der Waals surface area contributed by atoms with Crippen molar-refractivity contribution in [1.29, 1.82) is 0 Å². The Labute approximate surface area is 185 Å². The maximum atomic E-state index is 13.8. The Morgan fingerprint density at radius 1 is 0.906 bits per heavy atom. The molecule has 3 aromatic carbocycles. The molecule has 0 saturated carbocycles. The van der Waals surface area contributed by atoms with Crippen LogP contribution >= 0.6 is 0 Å². The second-order valence-corrected chi connectivity index (χ2v) is 8.07. The predicted octanol–water partition coefficient (Wildman–Crippen LogP) is 5.08. The third kappa shape index (κ3) is 3.64. The van der Waals surface area contributed by atoms with Gasteiger partial charge in [0.15, 0.2) is 0 Å². The number of carbonyl (C=O) groups excluding carboxylic acids is 2. The Bertz CT molecular complexity index is 1260. The van der Waals surface area contributed by atoms with Crippen molar-refractivity contribution in [2.75, 3.05) is 4.90 Å². The third-order valence-corrected chi connectivity index (χ3v) is 5.57. The van der Waals surface area contributed by atoms with Gasteiger partial charge in [0, 0.05) is 11.3 Å². The van der Waals surface area contributed by atoms with Gasteiger partial charge in [-0.3, -0.25) is 14.5 Å². The second-order valence-electron chi connectivity index (χ2n) is 8.07. The monoisotopic (exact) mass is 431 g/mol. The van der Waals surface area contributed by atoms with Gasteiger partial charge in [-0.15, -0.1) is 0 Å². The molecule has 0 aliphatic carbocycles. The SMILES string of the molecule is Cc1cc(C)cc(N2C(=O)C(=O)/C(=C(\O)c3ccc(F)c(C)c3)C2c2ccc(O)cc2)c1. The number of aliphatic hydroxyl groups excluding tert-OH is 1. The molecule has 1 atom stereocenters. The zero-order chi connectivity index (χ0) is 23.2. The number of benzene rings is 3. The number of aryl methyl sites for hydroxylation is 3. The fourth-order valence-electron chi connectivity index (χ4n) is 4.11. The number of ketones is 1. The lowest BCUT2D eigenvalue weighted by atomic mass is 9.94. The van der Waals surface area contributed by atoms with Crippen LogP contribution in [0.3, 0.4) is 0 Å². The van der Waals surface area contributed by atoms with E-state index in [-0.39, 0.29) is 22.6 Å². The standard InChI is InChI=1S/C26H22FNO4/c1-14-10-15(2)12-19(11-14)28-23(17-4-7-20(29)8-5-17)22(25(31)26(28)32)24(30)18-6-9-21(27)16(3)13-18/h4-13,23,29-30H,1-3H3/b24-22-. The van der Waals surface area contributed by atoms with Crippen LogP contribution < -0.4 is 4.90 Å². The van der Waals surface area contributed by atoms with Crippen molar-refractivity contribution in [2.45, 2.75) is 26.8 Å². The molecular formula is C26H22FNO4. The van der Waals surface area contributed by atoms with Crippen LogP contribution in [0.1, 0.15) is 33.9 Å². The number of Topliss-reactive ketones (excluding diaryl/α,β-unsaturated/α-hetero) is 1. The number of rotatable bonds is 3. The summed E-state index contributed by atoms with van der Waals surface area (Å²) in [6, 6.07) is 14.8. The predicted molar refractivity (Wildman–Crippen MR) is 120 cm³/mol. The molecule has 6 heteroatoms. The van der Waals surface area contributed by atoms with Crippen molar-refractivity contribution in [3.8, 4) is 5.75 Å². The maximum absolute atomic E-state index is 13.8. The summed E-state index contributed by atoms with van der Waals surface area (Å²) >= 11 is 0. The van der Waals surface area contributed by atoms with Crippen LogP contribution in [0.5, 0.6) is 5.75 Å². The topological polar surface area (TPSA) is 77.8 Å². The number of hydrogen-bond donors (Lipinski definition) is 2. The van der Waals surface area contributed by atoms with Crippen molar-refractivity contribution in [3.05, 3.63) is 99.9 Å². The molecule has 0 aromatic heterocycles. The maximum Gasteiger partial charge on any atom is 0.300 e. The molecule has 1 fully saturated rings.